The Kier molecular flexibility index (Phi) is 6.23. The Morgan fingerprint density at radius 2 is 1.63 bits per heavy atom. The third kappa shape index (κ3) is 4.84. The van der Waals surface area contributed by atoms with Gasteiger partial charge in [-0.05, 0) is 55.2 Å². The summed E-state index contributed by atoms with van der Waals surface area (Å²) in [5.74, 6) is 1.78. The van der Waals surface area contributed by atoms with E-state index in [1.54, 1.807) is 0 Å². The zero-order valence-electron chi connectivity index (χ0n) is 12.2. The molecule has 0 radical (unpaired) electrons. The fourth-order valence-electron chi connectivity index (χ4n) is 3.38. The van der Waals surface area contributed by atoms with Gasteiger partial charge in [-0.2, -0.15) is 0 Å². The number of benzene rings is 1. The van der Waals surface area contributed by atoms with Crippen LogP contribution in [0.4, 0.5) is 0 Å². The zero-order chi connectivity index (χ0) is 13.5. The van der Waals surface area contributed by atoms with Crippen molar-refractivity contribution in [2.24, 2.45) is 5.92 Å². The quantitative estimate of drug-likeness (QED) is 0.515. The van der Waals surface area contributed by atoms with Crippen molar-refractivity contribution in [3.05, 3.63) is 34.9 Å². The molecule has 1 aliphatic rings. The van der Waals surface area contributed by atoms with E-state index in [9.17, 15) is 0 Å². The minimum atomic E-state index is 0.782. The first-order chi connectivity index (χ1) is 9.29. The topological polar surface area (TPSA) is 0 Å². The Bertz CT molecular complexity index is 346. The van der Waals surface area contributed by atoms with Crippen LogP contribution in [0, 0.1) is 5.92 Å². The molecule has 1 aromatic rings. The van der Waals surface area contributed by atoms with Crippen LogP contribution >= 0.6 is 11.6 Å². The average molecular weight is 279 g/mol. The van der Waals surface area contributed by atoms with Crippen molar-refractivity contribution >= 4 is 11.6 Å². The molecule has 0 atom stereocenters. The predicted molar refractivity (Wildman–Crippen MR) is 84.9 cm³/mol. The lowest BCUT2D eigenvalue weighted by Gasteiger charge is -2.29. The van der Waals surface area contributed by atoms with Gasteiger partial charge in [-0.1, -0.05) is 62.8 Å². The summed E-state index contributed by atoms with van der Waals surface area (Å²) in [5.41, 5.74) is 1.49. The maximum absolute atomic E-state index is 5.96. The van der Waals surface area contributed by atoms with Gasteiger partial charge in [0.1, 0.15) is 0 Å². The highest BCUT2D eigenvalue weighted by molar-refractivity contribution is 6.30. The fraction of sp³-hybridized carbons (Fsp3) is 0.667. The molecule has 0 unspecified atom stereocenters. The van der Waals surface area contributed by atoms with Crippen LogP contribution < -0.4 is 0 Å². The summed E-state index contributed by atoms with van der Waals surface area (Å²) in [4.78, 5) is 0. The summed E-state index contributed by atoms with van der Waals surface area (Å²) in [5, 5.41) is 0.855. The molecule has 2 rings (SSSR count). The number of halogens is 1. The maximum atomic E-state index is 5.96. The van der Waals surface area contributed by atoms with Gasteiger partial charge in [-0.15, -0.1) is 0 Å². The SMILES string of the molecule is CCCCCC[C@H]1CC[C@H](c2ccc(Cl)cc2)CC1. The summed E-state index contributed by atoms with van der Waals surface area (Å²) >= 11 is 5.96. The van der Waals surface area contributed by atoms with Gasteiger partial charge in [-0.3, -0.25) is 0 Å². The van der Waals surface area contributed by atoms with E-state index in [2.05, 4.69) is 19.1 Å². The fourth-order valence-corrected chi connectivity index (χ4v) is 3.51. The standard InChI is InChI=1S/C18H27Cl/c1-2-3-4-5-6-15-7-9-16(10-8-15)17-11-13-18(19)14-12-17/h11-16H,2-10H2,1H3/t15-,16-. The lowest BCUT2D eigenvalue weighted by molar-refractivity contribution is 0.302. The summed E-state index contributed by atoms with van der Waals surface area (Å²) in [6.07, 6.45) is 12.7. The molecule has 0 nitrogen and oxygen atoms in total. The third-order valence-electron chi connectivity index (χ3n) is 4.65. The molecule has 0 saturated heterocycles. The Morgan fingerprint density at radius 1 is 0.947 bits per heavy atom. The van der Waals surface area contributed by atoms with Crippen LogP contribution in [0.25, 0.3) is 0 Å². The van der Waals surface area contributed by atoms with Crippen molar-refractivity contribution < 1.29 is 0 Å². The normalized spacial score (nSPS) is 23.5. The molecule has 1 heteroatoms. The molecule has 1 saturated carbocycles. The van der Waals surface area contributed by atoms with Gasteiger partial charge >= 0.3 is 0 Å². The van der Waals surface area contributed by atoms with Crippen molar-refractivity contribution in [3.63, 3.8) is 0 Å². The van der Waals surface area contributed by atoms with Gasteiger partial charge in [0.05, 0.1) is 0 Å². The first kappa shape index (κ1) is 14.9. The minimum Gasteiger partial charge on any atom is -0.0843 e. The van der Waals surface area contributed by atoms with E-state index in [0.29, 0.717) is 0 Å². The lowest BCUT2D eigenvalue weighted by atomic mass is 9.77. The van der Waals surface area contributed by atoms with Crippen LogP contribution in [0.1, 0.15) is 76.2 Å². The smallest absolute Gasteiger partial charge is 0.0406 e. The predicted octanol–water partition coefficient (Wildman–Crippen LogP) is 6.58. The number of unbranched alkanes of at least 4 members (excludes halogenated alkanes) is 3. The Balaban J connectivity index is 1.71. The molecule has 0 heterocycles. The van der Waals surface area contributed by atoms with Crippen LogP contribution in [-0.2, 0) is 0 Å². The van der Waals surface area contributed by atoms with Gasteiger partial charge < -0.3 is 0 Å². The summed E-state index contributed by atoms with van der Waals surface area (Å²) < 4.78 is 0. The highest BCUT2D eigenvalue weighted by Gasteiger charge is 2.21. The molecule has 0 spiro atoms. The average Bonchev–Trinajstić information content (AvgIpc) is 2.45. The third-order valence-corrected chi connectivity index (χ3v) is 4.91. The van der Waals surface area contributed by atoms with Crippen LogP contribution in [0.15, 0.2) is 24.3 Å². The molecule has 0 amide bonds. The first-order valence-corrected chi connectivity index (χ1v) is 8.43. The molecule has 1 aliphatic carbocycles. The van der Waals surface area contributed by atoms with E-state index in [1.807, 2.05) is 12.1 Å². The van der Waals surface area contributed by atoms with Crippen molar-refractivity contribution in [2.75, 3.05) is 0 Å². The Labute approximate surface area is 123 Å². The van der Waals surface area contributed by atoms with E-state index in [1.165, 1.54) is 63.4 Å². The van der Waals surface area contributed by atoms with Crippen molar-refractivity contribution in [2.45, 2.75) is 70.6 Å². The zero-order valence-corrected chi connectivity index (χ0v) is 13.0. The van der Waals surface area contributed by atoms with Gasteiger partial charge in [0.2, 0.25) is 0 Å². The molecular weight excluding hydrogens is 252 g/mol. The summed E-state index contributed by atoms with van der Waals surface area (Å²) in [7, 11) is 0. The van der Waals surface area contributed by atoms with E-state index in [0.717, 1.165) is 16.9 Å². The Morgan fingerprint density at radius 3 is 2.26 bits per heavy atom. The van der Waals surface area contributed by atoms with Gasteiger partial charge in [0.25, 0.3) is 0 Å². The molecule has 1 fully saturated rings. The van der Waals surface area contributed by atoms with E-state index in [4.69, 9.17) is 11.6 Å². The molecule has 19 heavy (non-hydrogen) atoms. The molecule has 0 aliphatic heterocycles. The summed E-state index contributed by atoms with van der Waals surface area (Å²) in [6, 6.07) is 8.50. The molecule has 0 bridgehead atoms. The van der Waals surface area contributed by atoms with Crippen molar-refractivity contribution in [1.82, 2.24) is 0 Å². The summed E-state index contributed by atoms with van der Waals surface area (Å²) in [6.45, 7) is 2.29. The van der Waals surface area contributed by atoms with Crippen LogP contribution in [0.2, 0.25) is 5.02 Å². The van der Waals surface area contributed by atoms with Gasteiger partial charge in [0, 0.05) is 5.02 Å². The highest BCUT2D eigenvalue weighted by Crippen LogP contribution is 2.37. The maximum Gasteiger partial charge on any atom is 0.0406 e. The highest BCUT2D eigenvalue weighted by atomic mass is 35.5. The van der Waals surface area contributed by atoms with Crippen LogP contribution in [-0.4, -0.2) is 0 Å². The number of hydrogen-bond acceptors (Lipinski definition) is 0. The molecule has 0 N–H and O–H groups in total. The van der Waals surface area contributed by atoms with Gasteiger partial charge in [0.15, 0.2) is 0 Å². The van der Waals surface area contributed by atoms with E-state index < -0.39 is 0 Å². The molecular formula is C18H27Cl. The van der Waals surface area contributed by atoms with Gasteiger partial charge in [-0.25, -0.2) is 0 Å². The van der Waals surface area contributed by atoms with E-state index >= 15 is 0 Å². The minimum absolute atomic E-state index is 0.782. The molecule has 106 valence electrons. The largest absolute Gasteiger partial charge is 0.0843 e. The molecule has 0 aromatic heterocycles. The number of hydrogen-bond donors (Lipinski definition) is 0. The van der Waals surface area contributed by atoms with Crippen molar-refractivity contribution in [3.8, 4) is 0 Å². The second kappa shape index (κ2) is 7.94. The Hall–Kier alpha value is -0.490. The second-order valence-electron chi connectivity index (χ2n) is 6.12. The monoisotopic (exact) mass is 278 g/mol. The van der Waals surface area contributed by atoms with Crippen LogP contribution in [0.5, 0.6) is 0 Å². The lowest BCUT2D eigenvalue weighted by Crippen LogP contribution is -2.13. The second-order valence-corrected chi connectivity index (χ2v) is 6.55. The van der Waals surface area contributed by atoms with E-state index in [-0.39, 0.29) is 0 Å². The van der Waals surface area contributed by atoms with Crippen LogP contribution in [0.3, 0.4) is 0 Å². The van der Waals surface area contributed by atoms with Crippen molar-refractivity contribution in [1.29, 1.82) is 0 Å². The molecule has 1 aromatic carbocycles. The number of rotatable bonds is 6. The first-order valence-electron chi connectivity index (χ1n) is 8.05.